The lowest BCUT2D eigenvalue weighted by molar-refractivity contribution is -0.106. The smallest absolute Gasteiger partial charge is 0.0297 e. The average molecular weight is 285 g/mol. The molecule has 0 amide bonds. The van der Waals surface area contributed by atoms with Crippen LogP contribution in [0.15, 0.2) is 0 Å². The molecule has 0 aromatic rings. The predicted octanol–water partition coefficient (Wildman–Crippen LogP) is 5.67. The Morgan fingerprint density at radius 3 is 1.33 bits per heavy atom. The normalized spacial score (nSPS) is 56.3. The van der Waals surface area contributed by atoms with Gasteiger partial charge in [-0.25, -0.2) is 11.6 Å². The van der Waals surface area contributed by atoms with Gasteiger partial charge in [-0.1, -0.05) is 66.2 Å². The summed E-state index contributed by atoms with van der Waals surface area (Å²) in [6.07, 6.45) is 6.03. The van der Waals surface area contributed by atoms with Gasteiger partial charge in [0.25, 0.3) is 0 Å². The topological polar surface area (TPSA) is 0 Å². The molecule has 8 atom stereocenters. The molecule has 6 aliphatic rings. The summed E-state index contributed by atoms with van der Waals surface area (Å²) < 4.78 is 0. The molecular formula is C20H34B-. The van der Waals surface area contributed by atoms with E-state index in [1.54, 1.807) is 0 Å². The number of hydrogen-bond acceptors (Lipinski definition) is 0. The largest absolute Gasteiger partial charge is 0.327 e. The van der Waals surface area contributed by atoms with Crippen molar-refractivity contribution in [2.45, 2.75) is 78.9 Å². The van der Waals surface area contributed by atoms with Gasteiger partial charge in [0.15, 0.2) is 0 Å². The van der Waals surface area contributed by atoms with E-state index in [4.69, 9.17) is 0 Å². The Labute approximate surface area is 133 Å². The molecule has 6 fully saturated rings. The maximum atomic E-state index is 2.86. The maximum absolute atomic E-state index is 2.86. The first-order valence-electron chi connectivity index (χ1n) is 9.58. The lowest BCUT2D eigenvalue weighted by Gasteiger charge is -2.69. The van der Waals surface area contributed by atoms with Crippen LogP contribution in [-0.2, 0) is 0 Å². The van der Waals surface area contributed by atoms with Crippen LogP contribution >= 0.6 is 0 Å². The fraction of sp³-hybridized carbons (Fsp3) is 1.00. The van der Waals surface area contributed by atoms with Gasteiger partial charge < -0.3 is 7.28 Å². The van der Waals surface area contributed by atoms with Gasteiger partial charge in [0.2, 0.25) is 0 Å². The van der Waals surface area contributed by atoms with Crippen molar-refractivity contribution in [1.29, 1.82) is 0 Å². The molecule has 0 nitrogen and oxygen atoms in total. The summed E-state index contributed by atoms with van der Waals surface area (Å²) in [5, 5.41) is 0. The average Bonchev–Trinajstić information content (AvgIpc) is 2.41. The number of fused-ring (bicyclic) bond motifs is 4. The summed E-state index contributed by atoms with van der Waals surface area (Å²) in [5.41, 5.74) is 1.29. The lowest BCUT2D eigenvalue weighted by atomic mass is 9.31. The maximum Gasteiger partial charge on any atom is -0.0297 e. The van der Waals surface area contributed by atoms with Crippen molar-refractivity contribution in [3.63, 3.8) is 0 Å². The standard InChI is InChI=1S/C20H34B/c1-11-15-7-13(19(15,3)4)9-17(11)21-18-10-14-8-16(12(18)2)20(14,5)6/h11-18H,7-10H2,1-6H3/q-1/t11-,12-,13+,14+,15-,16-,17-,18-/m1/s1. The van der Waals surface area contributed by atoms with Crippen LogP contribution in [-0.4, -0.2) is 7.28 Å². The zero-order valence-corrected chi connectivity index (χ0v) is 15.0. The van der Waals surface area contributed by atoms with Crippen LogP contribution in [0.3, 0.4) is 0 Å². The minimum absolute atomic E-state index is 0.645. The number of hydrogen-bond donors (Lipinski definition) is 0. The second-order valence-corrected chi connectivity index (χ2v) is 10.4. The van der Waals surface area contributed by atoms with E-state index in [0.717, 1.165) is 47.1 Å². The minimum atomic E-state index is 0.645. The van der Waals surface area contributed by atoms with Crippen LogP contribution in [0.25, 0.3) is 0 Å². The second kappa shape index (κ2) is 4.32. The molecule has 0 unspecified atom stereocenters. The van der Waals surface area contributed by atoms with E-state index >= 15 is 0 Å². The molecule has 0 aromatic carbocycles. The van der Waals surface area contributed by atoms with Gasteiger partial charge in [-0.15, -0.1) is 0 Å². The van der Waals surface area contributed by atoms with Gasteiger partial charge in [0.1, 0.15) is 0 Å². The van der Waals surface area contributed by atoms with Crippen LogP contribution in [0.1, 0.15) is 67.2 Å². The van der Waals surface area contributed by atoms with Crippen molar-refractivity contribution >= 4 is 7.28 Å². The molecule has 6 saturated carbocycles. The summed E-state index contributed by atoms with van der Waals surface area (Å²) >= 11 is 0. The van der Waals surface area contributed by atoms with E-state index < -0.39 is 0 Å². The van der Waals surface area contributed by atoms with Crippen molar-refractivity contribution in [1.82, 2.24) is 0 Å². The molecule has 0 heterocycles. The van der Waals surface area contributed by atoms with Gasteiger partial charge in [-0.2, -0.15) is 0 Å². The van der Waals surface area contributed by atoms with Crippen molar-refractivity contribution in [2.75, 3.05) is 0 Å². The summed E-state index contributed by atoms with van der Waals surface area (Å²) in [5.74, 6) is 7.76. The minimum Gasteiger partial charge on any atom is -0.327 e. The van der Waals surface area contributed by atoms with Crippen LogP contribution in [0.2, 0.25) is 11.6 Å². The van der Waals surface area contributed by atoms with Crippen molar-refractivity contribution in [2.24, 2.45) is 46.3 Å². The Kier molecular flexibility index (Phi) is 3.02. The first-order valence-corrected chi connectivity index (χ1v) is 9.58. The molecule has 0 N–H and O–H groups in total. The van der Waals surface area contributed by atoms with Crippen molar-refractivity contribution in [3.05, 3.63) is 0 Å². The molecule has 0 spiro atoms. The summed E-state index contributed by atoms with van der Waals surface area (Å²) in [6.45, 7) is 15.2. The van der Waals surface area contributed by atoms with Crippen LogP contribution in [0, 0.1) is 46.3 Å². The van der Waals surface area contributed by atoms with Gasteiger partial charge in [-0.3, -0.25) is 0 Å². The van der Waals surface area contributed by atoms with Crippen LogP contribution in [0.5, 0.6) is 0 Å². The highest BCUT2D eigenvalue weighted by atomic mass is 14.6. The molecule has 0 saturated heterocycles. The quantitative estimate of drug-likeness (QED) is 0.573. The Morgan fingerprint density at radius 1 is 0.667 bits per heavy atom. The highest BCUT2D eigenvalue weighted by Gasteiger charge is 2.55. The van der Waals surface area contributed by atoms with Crippen molar-refractivity contribution in [3.8, 4) is 0 Å². The lowest BCUT2D eigenvalue weighted by Crippen LogP contribution is -2.57. The monoisotopic (exact) mass is 285 g/mol. The van der Waals surface area contributed by atoms with Crippen LogP contribution in [0.4, 0.5) is 0 Å². The van der Waals surface area contributed by atoms with E-state index in [2.05, 4.69) is 48.8 Å². The van der Waals surface area contributed by atoms with Crippen LogP contribution < -0.4 is 0 Å². The Hall–Kier alpha value is 0.0649. The summed E-state index contributed by atoms with van der Waals surface area (Å²) in [6, 6.07) is 0. The third-order valence-electron chi connectivity index (χ3n) is 9.32. The Bertz CT molecular complexity index is 397. The fourth-order valence-corrected chi connectivity index (χ4v) is 7.21. The molecule has 4 bridgehead atoms. The third-order valence-corrected chi connectivity index (χ3v) is 9.32. The van der Waals surface area contributed by atoms with E-state index in [-0.39, 0.29) is 0 Å². The van der Waals surface area contributed by atoms with E-state index in [1.165, 1.54) is 25.7 Å². The molecular weight excluding hydrogens is 251 g/mol. The van der Waals surface area contributed by atoms with E-state index in [0.29, 0.717) is 10.8 Å². The van der Waals surface area contributed by atoms with Crippen molar-refractivity contribution < 1.29 is 0 Å². The van der Waals surface area contributed by atoms with Gasteiger partial charge >= 0.3 is 0 Å². The number of rotatable bonds is 2. The zero-order chi connectivity index (χ0) is 15.2. The van der Waals surface area contributed by atoms with Gasteiger partial charge in [0.05, 0.1) is 0 Å². The SMILES string of the molecule is C[C@H]1[C@H]([B-][C@@H]2C[C@@H]3C[C@H]([C@H]2C)C3(C)C)C[C@@H]2C[C@H]1C2(C)C. The molecule has 118 valence electrons. The second-order valence-electron chi connectivity index (χ2n) is 10.4. The first-order chi connectivity index (χ1) is 9.73. The Morgan fingerprint density at radius 2 is 1.05 bits per heavy atom. The predicted molar refractivity (Wildman–Crippen MR) is 91.6 cm³/mol. The van der Waals surface area contributed by atoms with E-state index in [9.17, 15) is 0 Å². The Balaban J connectivity index is 1.42. The molecule has 21 heavy (non-hydrogen) atoms. The molecule has 2 radical (unpaired) electrons. The highest BCUT2D eigenvalue weighted by Crippen LogP contribution is 2.68. The first kappa shape index (κ1) is 14.6. The molecule has 6 aliphatic carbocycles. The fourth-order valence-electron chi connectivity index (χ4n) is 7.21. The molecule has 0 aliphatic heterocycles. The highest BCUT2D eigenvalue weighted by molar-refractivity contribution is 6.40. The van der Waals surface area contributed by atoms with Gasteiger partial charge in [0, 0.05) is 0 Å². The van der Waals surface area contributed by atoms with Gasteiger partial charge in [-0.05, 0) is 47.3 Å². The summed E-state index contributed by atoms with van der Waals surface area (Å²) in [7, 11) is 2.86. The molecule has 6 rings (SSSR count). The third kappa shape index (κ3) is 1.81. The molecule has 0 aromatic heterocycles. The zero-order valence-electron chi connectivity index (χ0n) is 15.0. The van der Waals surface area contributed by atoms with E-state index in [1.807, 2.05) is 0 Å². The summed E-state index contributed by atoms with van der Waals surface area (Å²) in [4.78, 5) is 0. The molecule has 1 heteroatoms.